The minimum atomic E-state index is -1.03. The number of allylic oxidation sites excluding steroid dienone is 7. The fraction of sp³-hybridized carbons (Fsp3) is 0.703. The van der Waals surface area contributed by atoms with E-state index in [-0.39, 0.29) is 51.2 Å². The van der Waals surface area contributed by atoms with Crippen molar-refractivity contribution in [2.75, 3.05) is 0 Å². The lowest BCUT2D eigenvalue weighted by Gasteiger charge is -2.70. The molecule has 2 unspecified atom stereocenters. The summed E-state index contributed by atoms with van der Waals surface area (Å²) in [5.74, 6) is -0.512. The van der Waals surface area contributed by atoms with Crippen molar-refractivity contribution in [1.29, 1.82) is 0 Å². The highest BCUT2D eigenvalue weighted by molar-refractivity contribution is 6.06. The van der Waals surface area contributed by atoms with Crippen LogP contribution in [-0.4, -0.2) is 35.4 Å². The molecule has 5 rings (SSSR count). The van der Waals surface area contributed by atoms with Crippen LogP contribution in [0.15, 0.2) is 46.3 Å². The van der Waals surface area contributed by atoms with E-state index in [1.54, 1.807) is 13.0 Å². The SMILES string of the molecule is CCCC(C)OC(=O)OC(C)OC(=O)[C@]1(C)CC[C@]2(C)CC[C@]3(C)C4=CC=C5C(=CC(=O)C(O)=C5C)[C@]4(C)CC[C@@]3(C)[C@@H]2C1. The maximum Gasteiger partial charge on any atom is 0.511 e. The van der Waals surface area contributed by atoms with Crippen molar-refractivity contribution in [3.05, 3.63) is 46.3 Å². The normalized spacial score (nSPS) is 39.2. The van der Waals surface area contributed by atoms with E-state index in [4.69, 9.17) is 14.2 Å². The predicted octanol–water partition coefficient (Wildman–Crippen LogP) is 8.84. The van der Waals surface area contributed by atoms with Gasteiger partial charge in [-0.05, 0) is 112 Å². The van der Waals surface area contributed by atoms with E-state index in [0.717, 1.165) is 62.5 Å². The molecule has 5 aliphatic carbocycles. The summed E-state index contributed by atoms with van der Waals surface area (Å²) in [5.41, 5.74) is 2.91. The number of carbonyl (C=O) groups is 3. The van der Waals surface area contributed by atoms with Gasteiger partial charge in [-0.25, -0.2) is 4.79 Å². The van der Waals surface area contributed by atoms with Crippen molar-refractivity contribution in [2.45, 2.75) is 132 Å². The minimum absolute atomic E-state index is 0.0771. The van der Waals surface area contributed by atoms with Crippen LogP contribution in [0.1, 0.15) is 120 Å². The average molecular weight is 609 g/mol. The molecule has 0 aromatic heterocycles. The highest BCUT2D eigenvalue weighted by atomic mass is 16.8. The lowest BCUT2D eigenvalue weighted by Crippen LogP contribution is -2.62. The van der Waals surface area contributed by atoms with Gasteiger partial charge in [0.25, 0.3) is 0 Å². The highest BCUT2D eigenvalue weighted by Crippen LogP contribution is 2.75. The summed E-state index contributed by atoms with van der Waals surface area (Å²) in [7, 11) is 0. The van der Waals surface area contributed by atoms with Gasteiger partial charge in [0.15, 0.2) is 5.76 Å². The number of carbonyl (C=O) groups excluding carboxylic acids is 3. The molecule has 0 saturated heterocycles. The van der Waals surface area contributed by atoms with Crippen LogP contribution in [0.3, 0.4) is 0 Å². The Morgan fingerprint density at radius 2 is 1.64 bits per heavy atom. The third-order valence-corrected chi connectivity index (χ3v) is 12.9. The van der Waals surface area contributed by atoms with E-state index in [0.29, 0.717) is 12.0 Å². The highest BCUT2D eigenvalue weighted by Gasteiger charge is 2.67. The third-order valence-electron chi connectivity index (χ3n) is 12.9. The van der Waals surface area contributed by atoms with E-state index in [1.165, 1.54) is 5.57 Å². The van der Waals surface area contributed by atoms with Crippen LogP contribution < -0.4 is 0 Å². The molecule has 3 saturated carbocycles. The number of ether oxygens (including phenoxy) is 3. The van der Waals surface area contributed by atoms with Gasteiger partial charge >= 0.3 is 12.1 Å². The molecule has 0 heterocycles. The monoisotopic (exact) mass is 608 g/mol. The molecule has 0 aromatic carbocycles. The molecule has 0 aliphatic heterocycles. The lowest BCUT2D eigenvalue weighted by molar-refractivity contribution is -0.197. The summed E-state index contributed by atoms with van der Waals surface area (Å²) in [5, 5.41) is 10.4. The van der Waals surface area contributed by atoms with Crippen LogP contribution in [0.2, 0.25) is 0 Å². The van der Waals surface area contributed by atoms with E-state index in [9.17, 15) is 19.5 Å². The number of esters is 1. The number of aliphatic hydroxyl groups excluding tert-OH is 1. The van der Waals surface area contributed by atoms with Gasteiger partial charge in [-0.2, -0.15) is 0 Å². The number of aliphatic hydroxyl groups is 1. The molecular formula is C37H52O7. The van der Waals surface area contributed by atoms with Crippen LogP contribution >= 0.6 is 0 Å². The zero-order valence-electron chi connectivity index (χ0n) is 28.2. The Morgan fingerprint density at radius 3 is 2.32 bits per heavy atom. The van der Waals surface area contributed by atoms with Gasteiger partial charge in [-0.15, -0.1) is 0 Å². The molecule has 8 atom stereocenters. The largest absolute Gasteiger partial charge is 0.511 e. The molecule has 7 heteroatoms. The molecule has 44 heavy (non-hydrogen) atoms. The second-order valence-electron chi connectivity index (χ2n) is 15.7. The van der Waals surface area contributed by atoms with Crippen molar-refractivity contribution in [1.82, 2.24) is 0 Å². The zero-order valence-corrected chi connectivity index (χ0v) is 28.2. The van der Waals surface area contributed by atoms with Gasteiger partial charge in [-0.3, -0.25) is 9.59 Å². The fourth-order valence-corrected chi connectivity index (χ4v) is 9.75. The Balaban J connectivity index is 1.40. The minimum Gasteiger partial charge on any atom is -0.504 e. The summed E-state index contributed by atoms with van der Waals surface area (Å²) in [6.07, 6.45) is 11.9. The molecule has 0 amide bonds. The van der Waals surface area contributed by atoms with Crippen molar-refractivity contribution in [2.24, 2.45) is 33.0 Å². The molecule has 0 bridgehead atoms. The van der Waals surface area contributed by atoms with E-state index in [2.05, 4.69) is 39.8 Å². The van der Waals surface area contributed by atoms with Crippen LogP contribution in [0, 0.1) is 33.0 Å². The van der Waals surface area contributed by atoms with E-state index in [1.807, 2.05) is 27.7 Å². The first kappa shape index (κ1) is 32.6. The quantitative estimate of drug-likeness (QED) is 0.237. The van der Waals surface area contributed by atoms with Gasteiger partial charge in [-0.1, -0.05) is 58.8 Å². The smallest absolute Gasteiger partial charge is 0.504 e. The van der Waals surface area contributed by atoms with Crippen molar-refractivity contribution >= 4 is 17.9 Å². The van der Waals surface area contributed by atoms with Gasteiger partial charge in [0.05, 0.1) is 5.41 Å². The van der Waals surface area contributed by atoms with Gasteiger partial charge < -0.3 is 19.3 Å². The summed E-state index contributed by atoms with van der Waals surface area (Å²) < 4.78 is 16.3. The number of rotatable bonds is 6. The molecule has 0 spiro atoms. The summed E-state index contributed by atoms with van der Waals surface area (Å²) in [4.78, 5) is 38.8. The standard InChI is InChI=1S/C37H52O7/c1-10-11-22(2)42-32(41)44-24(4)43-31(40)34(6)15-14-33(5)16-18-36(8)28-13-12-25-23(3)30(39)27(38)20-26(25)35(28,7)17-19-37(36,9)29(33)21-34/h12-13,20,22,24,29,39H,10-11,14-19,21H2,1-9H3/t22?,24?,29-,33-,34-,35+,36-,37+/m1/s1. The maximum atomic E-state index is 13.7. The lowest BCUT2D eigenvalue weighted by atomic mass is 9.34. The van der Waals surface area contributed by atoms with Crippen LogP contribution in [0.5, 0.6) is 0 Å². The molecule has 3 fully saturated rings. The first-order valence-corrected chi connectivity index (χ1v) is 16.6. The Kier molecular flexibility index (Phi) is 8.07. The van der Waals surface area contributed by atoms with Crippen LogP contribution in [0.4, 0.5) is 4.79 Å². The van der Waals surface area contributed by atoms with E-state index >= 15 is 0 Å². The number of ketones is 1. The van der Waals surface area contributed by atoms with E-state index < -0.39 is 17.9 Å². The molecule has 5 aliphatic rings. The first-order valence-electron chi connectivity index (χ1n) is 16.6. The Morgan fingerprint density at radius 1 is 0.955 bits per heavy atom. The zero-order chi connectivity index (χ0) is 32.5. The number of hydrogen-bond donors (Lipinski definition) is 1. The first-order chi connectivity index (χ1) is 20.4. The molecule has 1 N–H and O–H groups in total. The maximum absolute atomic E-state index is 13.7. The van der Waals surface area contributed by atoms with Crippen LogP contribution in [-0.2, 0) is 23.8 Å². The Hall–Kier alpha value is -2.83. The van der Waals surface area contributed by atoms with Gasteiger partial charge in [0, 0.05) is 17.9 Å². The molecule has 242 valence electrons. The molecule has 0 radical (unpaired) electrons. The molecule has 7 nitrogen and oxygen atoms in total. The Bertz CT molecular complexity index is 1380. The number of fused-ring (bicyclic) bond motifs is 7. The van der Waals surface area contributed by atoms with Gasteiger partial charge in [0.1, 0.15) is 6.10 Å². The number of hydrogen-bond acceptors (Lipinski definition) is 7. The summed E-state index contributed by atoms with van der Waals surface area (Å²) in [6, 6.07) is 0. The molecular weight excluding hydrogens is 556 g/mol. The van der Waals surface area contributed by atoms with Crippen molar-refractivity contribution in [3.63, 3.8) is 0 Å². The summed E-state index contributed by atoms with van der Waals surface area (Å²) in [6.45, 7) is 18.8. The predicted molar refractivity (Wildman–Crippen MR) is 168 cm³/mol. The van der Waals surface area contributed by atoms with Crippen LogP contribution in [0.25, 0.3) is 0 Å². The second kappa shape index (κ2) is 10.9. The topological polar surface area (TPSA) is 99.1 Å². The van der Waals surface area contributed by atoms with Crippen molar-refractivity contribution in [3.8, 4) is 0 Å². The second-order valence-corrected chi connectivity index (χ2v) is 15.7. The van der Waals surface area contributed by atoms with Gasteiger partial charge in [0.2, 0.25) is 12.1 Å². The summed E-state index contributed by atoms with van der Waals surface area (Å²) >= 11 is 0. The third kappa shape index (κ3) is 4.88. The fourth-order valence-electron chi connectivity index (χ4n) is 9.75. The molecule has 0 aromatic rings. The van der Waals surface area contributed by atoms with Crippen molar-refractivity contribution < 1.29 is 33.7 Å². The Labute approximate surface area is 263 Å². The average Bonchev–Trinajstić information content (AvgIpc) is 2.94.